The second kappa shape index (κ2) is 5.44. The topological polar surface area (TPSA) is 58.8 Å². The average molecular weight is 295 g/mol. The molecule has 1 aliphatic rings. The second-order valence-electron chi connectivity index (χ2n) is 5.54. The van der Waals surface area contributed by atoms with Crippen LogP contribution in [0.3, 0.4) is 0 Å². The number of aryl methyl sites for hydroxylation is 2. The van der Waals surface area contributed by atoms with Crippen molar-refractivity contribution in [1.82, 2.24) is 14.7 Å². The summed E-state index contributed by atoms with van der Waals surface area (Å²) in [6, 6.07) is 0. The average Bonchev–Trinajstić information content (AvgIpc) is 2.97. The number of nitrogens with one attached hydrogen (secondary N) is 1. The van der Waals surface area contributed by atoms with Crippen molar-refractivity contribution in [2.24, 2.45) is 0 Å². The minimum Gasteiger partial charge on any atom is -0.394 e. The Morgan fingerprint density at radius 1 is 1.45 bits per heavy atom. The Hall–Kier alpha value is -0.950. The molecular weight excluding hydrogens is 274 g/mol. The number of hydrogen-bond acceptors (Lipinski definition) is 5. The molecule has 0 aromatic carbocycles. The molecule has 2 aromatic rings. The highest BCUT2D eigenvalue weighted by Gasteiger charge is 2.31. The molecule has 3 heterocycles. The Kier molecular flexibility index (Phi) is 3.81. The van der Waals surface area contributed by atoms with E-state index in [1.54, 1.807) is 11.3 Å². The number of aromatic nitrogens is 2. The van der Waals surface area contributed by atoms with Gasteiger partial charge in [0.1, 0.15) is 0 Å². The Labute approximate surface area is 122 Å². The van der Waals surface area contributed by atoms with E-state index in [0.717, 1.165) is 30.0 Å². The van der Waals surface area contributed by atoms with Gasteiger partial charge in [0.15, 0.2) is 4.96 Å². The number of imidazole rings is 1. The van der Waals surface area contributed by atoms with Crippen LogP contribution in [-0.2, 0) is 11.3 Å². The first kappa shape index (κ1) is 14.0. The van der Waals surface area contributed by atoms with Crippen molar-refractivity contribution in [3.8, 4) is 0 Å². The smallest absolute Gasteiger partial charge is 0.194 e. The first-order valence-electron chi connectivity index (χ1n) is 7.01. The summed E-state index contributed by atoms with van der Waals surface area (Å²) in [7, 11) is 0. The molecule has 3 rings (SSSR count). The molecule has 20 heavy (non-hydrogen) atoms. The molecule has 0 bridgehead atoms. The molecule has 0 amide bonds. The fourth-order valence-corrected chi connectivity index (χ4v) is 3.73. The lowest BCUT2D eigenvalue weighted by Gasteiger charge is -2.36. The molecule has 0 unspecified atom stereocenters. The van der Waals surface area contributed by atoms with Crippen LogP contribution in [0.2, 0.25) is 0 Å². The third kappa shape index (κ3) is 2.37. The summed E-state index contributed by atoms with van der Waals surface area (Å²) in [5.74, 6) is 0. The van der Waals surface area contributed by atoms with Crippen LogP contribution in [0, 0.1) is 13.8 Å². The fourth-order valence-electron chi connectivity index (χ4n) is 2.80. The van der Waals surface area contributed by atoms with Gasteiger partial charge in [0, 0.05) is 36.4 Å². The molecule has 5 nitrogen and oxygen atoms in total. The maximum absolute atomic E-state index is 9.73. The number of rotatable bonds is 4. The Morgan fingerprint density at radius 2 is 2.20 bits per heavy atom. The third-order valence-corrected chi connectivity index (χ3v) is 5.16. The molecule has 0 radical (unpaired) electrons. The number of hydrogen-bond donors (Lipinski definition) is 2. The standard InChI is InChI=1S/C14H21N3O2S/c1-10-8-20-13-16-11(2)12(17(10)13)7-15-14(9-18)3-5-19-6-4-14/h8,15,18H,3-7,9H2,1-2H3. The van der Waals surface area contributed by atoms with Crippen LogP contribution in [0.5, 0.6) is 0 Å². The number of aliphatic hydroxyl groups is 1. The molecule has 0 atom stereocenters. The van der Waals surface area contributed by atoms with Crippen LogP contribution < -0.4 is 5.32 Å². The first-order chi connectivity index (χ1) is 9.65. The summed E-state index contributed by atoms with van der Waals surface area (Å²) < 4.78 is 7.60. The van der Waals surface area contributed by atoms with E-state index in [2.05, 4.69) is 27.0 Å². The number of fused-ring (bicyclic) bond motifs is 1. The maximum atomic E-state index is 9.73. The molecule has 1 fully saturated rings. The quantitative estimate of drug-likeness (QED) is 0.900. The number of thiazole rings is 1. The van der Waals surface area contributed by atoms with E-state index in [9.17, 15) is 5.11 Å². The minimum atomic E-state index is -0.210. The zero-order chi connectivity index (χ0) is 14.2. The van der Waals surface area contributed by atoms with Gasteiger partial charge in [-0.05, 0) is 26.7 Å². The summed E-state index contributed by atoms with van der Waals surface area (Å²) in [5.41, 5.74) is 3.26. The highest BCUT2D eigenvalue weighted by atomic mass is 32.1. The Bertz CT molecular complexity index is 599. The summed E-state index contributed by atoms with van der Waals surface area (Å²) in [4.78, 5) is 5.64. The van der Waals surface area contributed by atoms with E-state index in [0.29, 0.717) is 13.2 Å². The van der Waals surface area contributed by atoms with Gasteiger partial charge in [-0.15, -0.1) is 11.3 Å². The lowest BCUT2D eigenvalue weighted by atomic mass is 9.91. The van der Waals surface area contributed by atoms with Crippen LogP contribution in [0.25, 0.3) is 4.96 Å². The molecule has 0 aliphatic carbocycles. The van der Waals surface area contributed by atoms with E-state index in [1.165, 1.54) is 11.4 Å². The van der Waals surface area contributed by atoms with Crippen molar-refractivity contribution in [1.29, 1.82) is 0 Å². The molecule has 110 valence electrons. The van der Waals surface area contributed by atoms with Gasteiger partial charge >= 0.3 is 0 Å². The molecule has 6 heteroatoms. The number of aliphatic hydroxyl groups excluding tert-OH is 1. The summed E-state index contributed by atoms with van der Waals surface area (Å²) in [6.45, 7) is 6.46. The maximum Gasteiger partial charge on any atom is 0.194 e. The summed E-state index contributed by atoms with van der Waals surface area (Å²) in [5, 5.41) is 15.4. The van der Waals surface area contributed by atoms with E-state index in [1.807, 2.05) is 6.92 Å². The van der Waals surface area contributed by atoms with Crippen LogP contribution in [0.4, 0.5) is 0 Å². The zero-order valence-corrected chi connectivity index (χ0v) is 12.8. The zero-order valence-electron chi connectivity index (χ0n) is 12.0. The summed E-state index contributed by atoms with van der Waals surface area (Å²) >= 11 is 1.67. The largest absolute Gasteiger partial charge is 0.394 e. The second-order valence-corrected chi connectivity index (χ2v) is 6.38. The van der Waals surface area contributed by atoms with Crippen LogP contribution >= 0.6 is 11.3 Å². The van der Waals surface area contributed by atoms with Gasteiger partial charge in [-0.25, -0.2) is 4.98 Å². The summed E-state index contributed by atoms with van der Waals surface area (Å²) in [6.07, 6.45) is 1.71. The van der Waals surface area contributed by atoms with Gasteiger partial charge in [0.05, 0.1) is 18.0 Å². The SMILES string of the molecule is Cc1nc2scc(C)n2c1CNC1(CO)CCOCC1. The van der Waals surface area contributed by atoms with Crippen LogP contribution in [0.1, 0.15) is 29.9 Å². The van der Waals surface area contributed by atoms with Gasteiger partial charge in [-0.3, -0.25) is 4.40 Å². The highest BCUT2D eigenvalue weighted by Crippen LogP contribution is 2.24. The van der Waals surface area contributed by atoms with Gasteiger partial charge < -0.3 is 15.2 Å². The predicted octanol–water partition coefficient (Wildman–Crippen LogP) is 1.64. The van der Waals surface area contributed by atoms with E-state index in [4.69, 9.17) is 4.74 Å². The molecule has 1 saturated heterocycles. The minimum absolute atomic E-state index is 0.153. The van der Waals surface area contributed by atoms with E-state index >= 15 is 0 Å². The van der Waals surface area contributed by atoms with E-state index < -0.39 is 0 Å². The van der Waals surface area contributed by atoms with Gasteiger partial charge in [0.2, 0.25) is 0 Å². The number of ether oxygens (including phenoxy) is 1. The molecule has 2 aromatic heterocycles. The number of nitrogens with zero attached hydrogens (tertiary/aromatic N) is 2. The highest BCUT2D eigenvalue weighted by molar-refractivity contribution is 7.15. The fraction of sp³-hybridized carbons (Fsp3) is 0.643. The Morgan fingerprint density at radius 3 is 2.90 bits per heavy atom. The van der Waals surface area contributed by atoms with Crippen molar-refractivity contribution in [2.45, 2.75) is 38.8 Å². The van der Waals surface area contributed by atoms with Crippen LogP contribution in [-0.4, -0.2) is 39.9 Å². The molecule has 2 N–H and O–H groups in total. The molecule has 0 saturated carbocycles. The lowest BCUT2D eigenvalue weighted by molar-refractivity contribution is 0.0110. The van der Waals surface area contributed by atoms with Crippen molar-refractivity contribution < 1.29 is 9.84 Å². The molecular formula is C14H21N3O2S. The van der Waals surface area contributed by atoms with Gasteiger partial charge in [-0.1, -0.05) is 0 Å². The predicted molar refractivity (Wildman–Crippen MR) is 79.3 cm³/mol. The monoisotopic (exact) mass is 295 g/mol. The lowest BCUT2D eigenvalue weighted by Crippen LogP contribution is -2.52. The van der Waals surface area contributed by atoms with Crippen molar-refractivity contribution in [3.05, 3.63) is 22.5 Å². The Balaban J connectivity index is 1.82. The van der Waals surface area contributed by atoms with Crippen molar-refractivity contribution in [2.75, 3.05) is 19.8 Å². The van der Waals surface area contributed by atoms with Gasteiger partial charge in [0.25, 0.3) is 0 Å². The third-order valence-electron chi connectivity index (χ3n) is 4.21. The van der Waals surface area contributed by atoms with Crippen LogP contribution in [0.15, 0.2) is 5.38 Å². The van der Waals surface area contributed by atoms with E-state index in [-0.39, 0.29) is 12.1 Å². The van der Waals surface area contributed by atoms with Crippen molar-refractivity contribution >= 4 is 16.3 Å². The van der Waals surface area contributed by atoms with Gasteiger partial charge in [-0.2, -0.15) is 0 Å². The molecule has 0 spiro atoms. The molecule has 1 aliphatic heterocycles. The normalized spacial score (nSPS) is 18.8. The first-order valence-corrected chi connectivity index (χ1v) is 7.89. The van der Waals surface area contributed by atoms with Crippen molar-refractivity contribution in [3.63, 3.8) is 0 Å².